The van der Waals surface area contributed by atoms with E-state index in [0.717, 1.165) is 6.07 Å². The van der Waals surface area contributed by atoms with Crippen molar-refractivity contribution in [3.8, 4) is 5.75 Å². The summed E-state index contributed by atoms with van der Waals surface area (Å²) in [6.45, 7) is 1.85. The first-order valence-electron chi connectivity index (χ1n) is 6.08. The quantitative estimate of drug-likeness (QED) is 0.821. The van der Waals surface area contributed by atoms with Crippen LogP contribution in [0.2, 0.25) is 0 Å². The summed E-state index contributed by atoms with van der Waals surface area (Å²) in [5.41, 5.74) is 5.40. The Kier molecular flexibility index (Phi) is 4.24. The molecule has 1 aromatic heterocycles. The fourth-order valence-electron chi connectivity index (χ4n) is 1.57. The summed E-state index contributed by atoms with van der Waals surface area (Å²) in [5.74, 6) is -0.00856. The van der Waals surface area contributed by atoms with Crippen LogP contribution in [0.4, 0.5) is 10.1 Å². The highest BCUT2D eigenvalue weighted by atomic mass is 19.1. The molecule has 0 aliphatic carbocycles. The monoisotopic (exact) mass is 278 g/mol. The lowest BCUT2D eigenvalue weighted by Crippen LogP contribution is -2.35. The van der Waals surface area contributed by atoms with Gasteiger partial charge in [-0.15, -0.1) is 0 Å². The second kappa shape index (κ2) is 6.10. The Morgan fingerprint density at radius 1 is 1.50 bits per heavy atom. The van der Waals surface area contributed by atoms with Gasteiger partial charge in [0, 0.05) is 6.07 Å². The van der Waals surface area contributed by atoms with Gasteiger partial charge in [0.2, 0.25) is 0 Å². The van der Waals surface area contributed by atoms with Crippen molar-refractivity contribution < 1.29 is 18.3 Å². The number of hydrogen-bond acceptors (Lipinski definition) is 4. The van der Waals surface area contributed by atoms with Gasteiger partial charge >= 0.3 is 0 Å². The third-order valence-corrected chi connectivity index (χ3v) is 2.67. The van der Waals surface area contributed by atoms with Gasteiger partial charge in [0.15, 0.2) is 6.10 Å². The molecule has 2 rings (SSSR count). The Bertz CT molecular complexity index is 584. The molecule has 0 radical (unpaired) electrons. The topological polar surface area (TPSA) is 77.5 Å². The highest BCUT2D eigenvalue weighted by Crippen LogP contribution is 2.19. The lowest BCUT2D eigenvalue weighted by Gasteiger charge is -2.14. The molecule has 0 saturated carbocycles. The maximum absolute atomic E-state index is 13.2. The fourth-order valence-corrected chi connectivity index (χ4v) is 1.57. The third-order valence-electron chi connectivity index (χ3n) is 2.67. The number of carbonyl (C=O) groups excluding carboxylic acids is 1. The van der Waals surface area contributed by atoms with Crippen molar-refractivity contribution in [2.75, 3.05) is 5.73 Å². The van der Waals surface area contributed by atoms with Gasteiger partial charge in [-0.2, -0.15) is 0 Å². The summed E-state index contributed by atoms with van der Waals surface area (Å²) >= 11 is 0. The zero-order valence-electron chi connectivity index (χ0n) is 10.9. The smallest absolute Gasteiger partial charge is 0.261 e. The van der Waals surface area contributed by atoms with Crippen molar-refractivity contribution in [2.24, 2.45) is 0 Å². The molecule has 2 aromatic rings. The molecule has 1 heterocycles. The number of anilines is 1. The van der Waals surface area contributed by atoms with Crippen LogP contribution >= 0.6 is 0 Å². The van der Waals surface area contributed by atoms with Gasteiger partial charge < -0.3 is 20.2 Å². The number of halogens is 1. The molecule has 1 aromatic carbocycles. The standard InChI is InChI=1S/C14H15FN2O3/c1-9(14(18)17-8-11-3-2-6-19-11)20-10-4-5-13(16)12(15)7-10/h2-7,9H,8,16H2,1H3,(H,17,18). The fraction of sp³-hybridized carbons (Fsp3) is 0.214. The van der Waals surface area contributed by atoms with Crippen LogP contribution in [0.1, 0.15) is 12.7 Å². The number of furan rings is 1. The molecule has 106 valence electrons. The molecule has 0 fully saturated rings. The number of benzene rings is 1. The molecule has 1 atom stereocenters. The van der Waals surface area contributed by atoms with Crippen LogP contribution in [0, 0.1) is 5.82 Å². The Morgan fingerprint density at radius 3 is 2.95 bits per heavy atom. The van der Waals surface area contributed by atoms with Crippen molar-refractivity contribution in [1.82, 2.24) is 5.32 Å². The molecule has 5 nitrogen and oxygen atoms in total. The Balaban J connectivity index is 1.88. The lowest BCUT2D eigenvalue weighted by atomic mass is 10.3. The van der Waals surface area contributed by atoms with Gasteiger partial charge in [0.25, 0.3) is 5.91 Å². The first kappa shape index (κ1) is 13.9. The molecular weight excluding hydrogens is 263 g/mol. The molecule has 0 aliphatic heterocycles. The Labute approximate surface area is 115 Å². The van der Waals surface area contributed by atoms with Gasteiger partial charge in [-0.1, -0.05) is 0 Å². The van der Waals surface area contributed by atoms with Crippen molar-refractivity contribution in [2.45, 2.75) is 19.6 Å². The molecule has 0 bridgehead atoms. The molecule has 0 aliphatic rings. The number of ether oxygens (including phenoxy) is 1. The van der Waals surface area contributed by atoms with E-state index >= 15 is 0 Å². The second-order valence-corrected chi connectivity index (χ2v) is 4.24. The molecule has 0 saturated heterocycles. The lowest BCUT2D eigenvalue weighted by molar-refractivity contribution is -0.127. The van der Waals surface area contributed by atoms with Gasteiger partial charge in [0.1, 0.15) is 17.3 Å². The summed E-state index contributed by atoms with van der Waals surface area (Å²) in [7, 11) is 0. The summed E-state index contributed by atoms with van der Waals surface area (Å²) in [6, 6.07) is 7.53. The van der Waals surface area contributed by atoms with Crippen LogP contribution in [-0.4, -0.2) is 12.0 Å². The third kappa shape index (κ3) is 3.50. The van der Waals surface area contributed by atoms with Crippen LogP contribution < -0.4 is 15.8 Å². The molecule has 1 amide bonds. The predicted octanol–water partition coefficient (Wildman–Crippen LogP) is 2.08. The van der Waals surface area contributed by atoms with Crippen molar-refractivity contribution >= 4 is 11.6 Å². The average Bonchev–Trinajstić information content (AvgIpc) is 2.93. The average molecular weight is 278 g/mol. The first-order chi connectivity index (χ1) is 9.56. The van der Waals surface area contributed by atoms with E-state index < -0.39 is 11.9 Å². The molecule has 1 unspecified atom stereocenters. The van der Waals surface area contributed by atoms with E-state index in [9.17, 15) is 9.18 Å². The van der Waals surface area contributed by atoms with E-state index in [1.807, 2.05) is 0 Å². The van der Waals surface area contributed by atoms with Crippen LogP contribution in [0.15, 0.2) is 41.0 Å². The van der Waals surface area contributed by atoms with E-state index in [1.165, 1.54) is 18.4 Å². The first-order valence-corrected chi connectivity index (χ1v) is 6.08. The number of carbonyl (C=O) groups is 1. The van der Waals surface area contributed by atoms with Gasteiger partial charge in [0.05, 0.1) is 18.5 Å². The van der Waals surface area contributed by atoms with Gasteiger partial charge in [-0.05, 0) is 31.2 Å². The SMILES string of the molecule is CC(Oc1ccc(N)c(F)c1)C(=O)NCc1ccco1. The number of nitrogens with two attached hydrogens (primary N) is 1. The molecular formula is C14H15FN2O3. The van der Waals surface area contributed by atoms with E-state index in [1.54, 1.807) is 19.1 Å². The van der Waals surface area contributed by atoms with Crippen molar-refractivity contribution in [3.63, 3.8) is 0 Å². The molecule has 3 N–H and O–H groups in total. The van der Waals surface area contributed by atoms with Crippen molar-refractivity contribution in [3.05, 3.63) is 48.2 Å². The maximum Gasteiger partial charge on any atom is 0.261 e. The van der Waals surface area contributed by atoms with Gasteiger partial charge in [-0.25, -0.2) is 4.39 Å². The zero-order chi connectivity index (χ0) is 14.5. The summed E-state index contributed by atoms with van der Waals surface area (Å²) in [4.78, 5) is 11.8. The predicted molar refractivity (Wildman–Crippen MR) is 71.5 cm³/mol. The number of hydrogen-bond donors (Lipinski definition) is 2. The van der Waals surface area contributed by atoms with Crippen LogP contribution in [0.25, 0.3) is 0 Å². The highest BCUT2D eigenvalue weighted by molar-refractivity contribution is 5.80. The highest BCUT2D eigenvalue weighted by Gasteiger charge is 2.15. The largest absolute Gasteiger partial charge is 0.481 e. The number of amides is 1. The van der Waals surface area contributed by atoms with E-state index in [-0.39, 0.29) is 23.9 Å². The second-order valence-electron chi connectivity index (χ2n) is 4.24. The number of nitrogen functional groups attached to an aromatic ring is 1. The Morgan fingerprint density at radius 2 is 2.30 bits per heavy atom. The van der Waals surface area contributed by atoms with Gasteiger partial charge in [-0.3, -0.25) is 4.79 Å². The zero-order valence-corrected chi connectivity index (χ0v) is 10.9. The van der Waals surface area contributed by atoms with E-state index in [0.29, 0.717) is 5.76 Å². The number of rotatable bonds is 5. The Hall–Kier alpha value is -2.50. The summed E-state index contributed by atoms with van der Waals surface area (Å²) < 4.78 is 23.7. The summed E-state index contributed by atoms with van der Waals surface area (Å²) in [6.07, 6.45) is 0.770. The summed E-state index contributed by atoms with van der Waals surface area (Å²) in [5, 5.41) is 2.65. The van der Waals surface area contributed by atoms with E-state index in [2.05, 4.69) is 5.32 Å². The van der Waals surface area contributed by atoms with Crippen LogP contribution in [0.3, 0.4) is 0 Å². The minimum absolute atomic E-state index is 0.0345. The van der Waals surface area contributed by atoms with Crippen molar-refractivity contribution in [1.29, 1.82) is 0 Å². The molecule has 20 heavy (non-hydrogen) atoms. The molecule has 0 spiro atoms. The van der Waals surface area contributed by atoms with Crippen LogP contribution in [-0.2, 0) is 11.3 Å². The molecule has 6 heteroatoms. The minimum Gasteiger partial charge on any atom is -0.481 e. The minimum atomic E-state index is -0.756. The normalized spacial score (nSPS) is 11.9. The van der Waals surface area contributed by atoms with Crippen LogP contribution in [0.5, 0.6) is 5.75 Å². The van der Waals surface area contributed by atoms with E-state index in [4.69, 9.17) is 14.9 Å². The maximum atomic E-state index is 13.2. The number of nitrogens with one attached hydrogen (secondary N) is 1.